The van der Waals surface area contributed by atoms with Crippen LogP contribution < -0.4 is 17.2 Å². The summed E-state index contributed by atoms with van der Waals surface area (Å²) in [6.07, 6.45) is 0. The average Bonchev–Trinajstić information content (AvgIpc) is 1.76. The van der Waals surface area contributed by atoms with E-state index in [1.807, 2.05) is 0 Å². The normalized spacial score (nSPS) is 10.0. The van der Waals surface area contributed by atoms with E-state index in [0.717, 1.165) is 0 Å². The second-order valence-corrected chi connectivity index (χ2v) is 4.33. The lowest BCUT2D eigenvalue weighted by atomic mass is 11.4. The molecular weight excluding hydrogens is 269 g/mol. The van der Waals surface area contributed by atoms with Gasteiger partial charge in [0.2, 0.25) is 0 Å². The highest BCUT2D eigenvalue weighted by Gasteiger charge is 2.34. The van der Waals surface area contributed by atoms with E-state index in [9.17, 15) is 4.57 Å². The Balaban J connectivity index is 4.66. The summed E-state index contributed by atoms with van der Waals surface area (Å²) in [5, 5.41) is -1.75. The van der Waals surface area contributed by atoms with Crippen LogP contribution in [0, 0.1) is 0 Å². The van der Waals surface area contributed by atoms with Gasteiger partial charge in [-0.15, -0.1) is 0 Å². The first-order valence-corrected chi connectivity index (χ1v) is 5.51. The topological polar surface area (TPSA) is 123 Å². The summed E-state index contributed by atoms with van der Waals surface area (Å²) in [5.41, 5.74) is 14.8. The largest absolute Gasteiger partial charge is 0.652 e. The van der Waals surface area contributed by atoms with Gasteiger partial charge in [0.15, 0.2) is 0 Å². The van der Waals surface area contributed by atoms with Crippen molar-refractivity contribution in [2.45, 2.75) is 0 Å². The molecule has 0 heterocycles. The zero-order chi connectivity index (χ0) is 11.4. The van der Waals surface area contributed by atoms with Crippen molar-refractivity contribution in [1.29, 1.82) is 0 Å². The van der Waals surface area contributed by atoms with Gasteiger partial charge in [-0.2, -0.15) is 4.57 Å². The maximum atomic E-state index is 11.5. The van der Waals surface area contributed by atoms with Gasteiger partial charge in [-0.05, 0) is 36.7 Å². The van der Waals surface area contributed by atoms with Crippen LogP contribution in [-0.2, 0) is 18.1 Å². The molecule has 0 fully saturated rings. The van der Waals surface area contributed by atoms with Crippen molar-refractivity contribution in [3.8, 4) is 0 Å². The summed E-state index contributed by atoms with van der Waals surface area (Å²) in [5.74, 6) is 0. The molecule has 0 aromatic heterocycles. The minimum Gasteiger partial charge on any atom is -0.360 e. The molecule has 0 radical (unpaired) electrons. The van der Waals surface area contributed by atoms with Crippen LogP contribution in [-0.4, -0.2) is 15.5 Å². The number of phosphoric ester groups is 1. The van der Waals surface area contributed by atoms with Crippen molar-refractivity contribution in [2.75, 3.05) is 0 Å². The quantitative estimate of drug-likeness (QED) is 0.474. The number of phosphoric acid groups is 1. The van der Waals surface area contributed by atoms with Gasteiger partial charge < -0.3 is 30.8 Å². The number of nitrogens with two attached hydrogens (primary N) is 3. The molecule has 0 aromatic carbocycles. The SMILES string of the molecule is NC(=S)OP(=O)(OC(N)=S)OC(N)=S. The maximum Gasteiger partial charge on any atom is 0.652 e. The number of hydrogen-bond donors (Lipinski definition) is 3. The molecule has 0 aliphatic heterocycles. The minimum atomic E-state index is -4.19. The van der Waals surface area contributed by atoms with Crippen LogP contribution in [0.1, 0.15) is 0 Å². The molecule has 0 spiro atoms. The van der Waals surface area contributed by atoms with Crippen molar-refractivity contribution in [3.63, 3.8) is 0 Å². The number of rotatable bonds is 3. The third kappa shape index (κ3) is 5.86. The predicted octanol–water partition coefficient (Wildman–Crippen LogP) is -0.125. The van der Waals surface area contributed by atoms with Crippen LogP contribution in [0.3, 0.4) is 0 Å². The van der Waals surface area contributed by atoms with E-state index in [0.29, 0.717) is 0 Å². The summed E-state index contributed by atoms with van der Waals surface area (Å²) >= 11 is 12.9. The van der Waals surface area contributed by atoms with Gasteiger partial charge in [0.1, 0.15) is 0 Å². The predicted molar refractivity (Wildman–Crippen MR) is 61.2 cm³/mol. The Bertz CT molecular complexity index is 273. The fraction of sp³-hybridized carbons (Fsp3) is 0. The Morgan fingerprint density at radius 3 is 1.21 bits per heavy atom. The van der Waals surface area contributed by atoms with Gasteiger partial charge in [0, 0.05) is 0 Å². The second-order valence-electron chi connectivity index (χ2n) is 1.68. The van der Waals surface area contributed by atoms with E-state index >= 15 is 0 Å². The molecule has 0 rings (SSSR count). The van der Waals surface area contributed by atoms with Crippen molar-refractivity contribution in [2.24, 2.45) is 17.2 Å². The highest BCUT2D eigenvalue weighted by molar-refractivity contribution is 7.81. The third-order valence-corrected chi connectivity index (χ3v) is 2.49. The van der Waals surface area contributed by atoms with Crippen LogP contribution in [0.5, 0.6) is 0 Å². The Morgan fingerprint density at radius 2 is 1.07 bits per heavy atom. The molecule has 6 N–H and O–H groups in total. The Morgan fingerprint density at radius 1 is 0.857 bits per heavy atom. The van der Waals surface area contributed by atoms with E-state index in [4.69, 9.17) is 17.2 Å². The molecule has 14 heavy (non-hydrogen) atoms. The van der Waals surface area contributed by atoms with Gasteiger partial charge in [-0.3, -0.25) is 0 Å². The van der Waals surface area contributed by atoms with Crippen LogP contribution in [0.15, 0.2) is 0 Å². The van der Waals surface area contributed by atoms with E-state index in [1.54, 1.807) is 0 Å². The van der Waals surface area contributed by atoms with Gasteiger partial charge in [0.25, 0.3) is 15.5 Å². The number of thiocarbonyl (C=S) groups is 3. The molecule has 80 valence electrons. The Hall–Kier alpha value is -0.700. The Labute approximate surface area is 95.5 Å². The molecule has 7 nitrogen and oxygen atoms in total. The van der Waals surface area contributed by atoms with E-state index in [-0.39, 0.29) is 0 Å². The molecule has 0 atom stereocenters. The zero-order valence-corrected chi connectivity index (χ0v) is 9.88. The van der Waals surface area contributed by atoms with Gasteiger partial charge >= 0.3 is 7.82 Å². The average molecular weight is 275 g/mol. The molecule has 0 aliphatic rings. The second kappa shape index (κ2) is 5.25. The smallest absolute Gasteiger partial charge is 0.360 e. The Kier molecular flexibility index (Phi) is 4.99. The van der Waals surface area contributed by atoms with Crippen LogP contribution in [0.25, 0.3) is 0 Å². The van der Waals surface area contributed by atoms with Gasteiger partial charge in [-0.1, -0.05) is 0 Å². The van der Waals surface area contributed by atoms with Crippen LogP contribution >= 0.6 is 44.5 Å². The first-order valence-electron chi connectivity index (χ1n) is 2.82. The first kappa shape index (κ1) is 13.3. The summed E-state index contributed by atoms with van der Waals surface area (Å²) < 4.78 is 24.5. The standard InChI is InChI=1S/C3H6N3O4PS3/c4-1(12)8-11(7,9-2(5)13)10-3(6)14/h(H2,4,12)(H2,5,13)(H2,6,14). The molecule has 0 saturated heterocycles. The van der Waals surface area contributed by atoms with Crippen molar-refractivity contribution in [1.82, 2.24) is 0 Å². The summed E-state index contributed by atoms with van der Waals surface area (Å²) in [6.45, 7) is 0. The summed E-state index contributed by atoms with van der Waals surface area (Å²) in [6, 6.07) is 0. The zero-order valence-electron chi connectivity index (χ0n) is 6.54. The molecule has 0 bridgehead atoms. The molecule has 11 heteroatoms. The third-order valence-electron chi connectivity index (χ3n) is 0.605. The molecule has 0 unspecified atom stereocenters. The molecule has 0 saturated carbocycles. The maximum absolute atomic E-state index is 11.5. The number of hydrogen-bond acceptors (Lipinski definition) is 7. The van der Waals surface area contributed by atoms with E-state index in [1.165, 1.54) is 0 Å². The summed E-state index contributed by atoms with van der Waals surface area (Å²) in [4.78, 5) is 0. The van der Waals surface area contributed by atoms with E-state index in [2.05, 4.69) is 50.2 Å². The van der Waals surface area contributed by atoms with Crippen molar-refractivity contribution in [3.05, 3.63) is 0 Å². The van der Waals surface area contributed by atoms with Crippen LogP contribution in [0.4, 0.5) is 0 Å². The first-order chi connectivity index (χ1) is 6.25. The molecule has 0 amide bonds. The lowest BCUT2D eigenvalue weighted by molar-refractivity contribution is 0.289. The molecule has 0 aliphatic carbocycles. The molecular formula is C3H6N3O4PS3. The lowest BCUT2D eigenvalue weighted by Crippen LogP contribution is -2.21. The molecule has 0 aromatic rings. The van der Waals surface area contributed by atoms with Crippen molar-refractivity contribution >= 4 is 60.0 Å². The van der Waals surface area contributed by atoms with Crippen molar-refractivity contribution < 1.29 is 18.1 Å². The van der Waals surface area contributed by atoms with E-state index < -0.39 is 23.3 Å². The summed E-state index contributed by atoms with van der Waals surface area (Å²) in [7, 11) is -4.19. The highest BCUT2D eigenvalue weighted by atomic mass is 32.1. The minimum absolute atomic E-state index is 0.583. The van der Waals surface area contributed by atoms with Crippen LogP contribution in [0.2, 0.25) is 0 Å². The monoisotopic (exact) mass is 275 g/mol. The fourth-order valence-corrected chi connectivity index (χ4v) is 1.98. The fourth-order valence-electron chi connectivity index (χ4n) is 0.386. The van der Waals surface area contributed by atoms with Gasteiger partial charge in [-0.25, -0.2) is 0 Å². The highest BCUT2D eigenvalue weighted by Crippen LogP contribution is 2.49. The lowest BCUT2D eigenvalue weighted by Gasteiger charge is -2.15. The van der Waals surface area contributed by atoms with Gasteiger partial charge in [0.05, 0.1) is 0 Å².